The van der Waals surface area contributed by atoms with Crippen molar-refractivity contribution in [2.75, 3.05) is 5.32 Å². The molecule has 0 bridgehead atoms. The molecule has 0 spiro atoms. The summed E-state index contributed by atoms with van der Waals surface area (Å²) in [6.07, 6.45) is 1.46. The lowest BCUT2D eigenvalue weighted by Crippen LogP contribution is -2.35. The van der Waals surface area contributed by atoms with Crippen molar-refractivity contribution in [3.8, 4) is 0 Å². The zero-order valence-electron chi connectivity index (χ0n) is 18.0. The second kappa shape index (κ2) is 9.42. The normalized spacial score (nSPS) is 11.9. The molecule has 162 valence electrons. The van der Waals surface area contributed by atoms with Gasteiger partial charge in [-0.25, -0.2) is 0 Å². The predicted molar refractivity (Wildman–Crippen MR) is 117 cm³/mol. The first-order chi connectivity index (χ1) is 14.7. The van der Waals surface area contributed by atoms with Crippen LogP contribution in [0.3, 0.4) is 0 Å². The molecule has 0 aliphatic carbocycles. The van der Waals surface area contributed by atoms with Gasteiger partial charge in [-0.3, -0.25) is 14.4 Å². The molecule has 0 unspecified atom stereocenters. The maximum absolute atomic E-state index is 12.7. The molecule has 2 aromatic heterocycles. The molecule has 0 saturated heterocycles. The van der Waals surface area contributed by atoms with Crippen molar-refractivity contribution in [2.45, 2.75) is 46.2 Å². The highest BCUT2D eigenvalue weighted by molar-refractivity contribution is 5.94. The van der Waals surface area contributed by atoms with Crippen molar-refractivity contribution in [3.63, 3.8) is 0 Å². The minimum Gasteiger partial charge on any atom is -0.360 e. The van der Waals surface area contributed by atoms with E-state index in [4.69, 9.17) is 4.52 Å². The number of benzene rings is 1. The van der Waals surface area contributed by atoms with Gasteiger partial charge in [0.05, 0.1) is 6.04 Å². The minimum atomic E-state index is -0.547. The molecule has 0 saturated carbocycles. The van der Waals surface area contributed by atoms with Gasteiger partial charge in [0.2, 0.25) is 5.91 Å². The molecule has 2 heterocycles. The van der Waals surface area contributed by atoms with Gasteiger partial charge >= 0.3 is 0 Å². The SMILES string of the molecule is Cc1cc(NC(=O)Cn2cccc(C(=O)N[C@H](C)c3ccc(C(C)C)cc3)c2=O)no1. The lowest BCUT2D eigenvalue weighted by molar-refractivity contribution is -0.116. The second-order valence-electron chi connectivity index (χ2n) is 7.74. The largest absolute Gasteiger partial charge is 0.360 e. The van der Waals surface area contributed by atoms with Gasteiger partial charge in [-0.05, 0) is 43.0 Å². The van der Waals surface area contributed by atoms with Gasteiger partial charge < -0.3 is 19.7 Å². The van der Waals surface area contributed by atoms with Gasteiger partial charge in [-0.2, -0.15) is 0 Å². The van der Waals surface area contributed by atoms with Crippen molar-refractivity contribution in [1.82, 2.24) is 15.0 Å². The van der Waals surface area contributed by atoms with Crippen LogP contribution in [-0.4, -0.2) is 21.5 Å². The van der Waals surface area contributed by atoms with Crippen LogP contribution in [0, 0.1) is 6.92 Å². The highest BCUT2D eigenvalue weighted by Crippen LogP contribution is 2.18. The molecule has 8 heteroatoms. The number of rotatable bonds is 7. The molecule has 2 amide bonds. The average Bonchev–Trinajstić information content (AvgIpc) is 3.13. The maximum Gasteiger partial charge on any atom is 0.263 e. The number of carbonyl (C=O) groups is 2. The maximum atomic E-state index is 12.7. The van der Waals surface area contributed by atoms with Crippen LogP contribution in [0.2, 0.25) is 0 Å². The fourth-order valence-corrected chi connectivity index (χ4v) is 3.12. The van der Waals surface area contributed by atoms with Crippen LogP contribution in [-0.2, 0) is 11.3 Å². The summed E-state index contributed by atoms with van der Waals surface area (Å²) in [5, 5.41) is 9.08. The molecule has 8 nitrogen and oxygen atoms in total. The minimum absolute atomic E-state index is 0.0294. The number of amides is 2. The third-order valence-electron chi connectivity index (χ3n) is 4.92. The molecular weight excluding hydrogens is 396 g/mol. The van der Waals surface area contributed by atoms with Crippen LogP contribution in [0.1, 0.15) is 60.0 Å². The molecule has 3 rings (SSSR count). The fraction of sp³-hybridized carbons (Fsp3) is 0.304. The van der Waals surface area contributed by atoms with Crippen molar-refractivity contribution in [1.29, 1.82) is 0 Å². The Hall–Kier alpha value is -3.68. The number of pyridine rings is 1. The summed E-state index contributed by atoms with van der Waals surface area (Å²) in [5.41, 5.74) is 1.58. The first-order valence-corrected chi connectivity index (χ1v) is 10.1. The third kappa shape index (κ3) is 5.48. The standard InChI is InChI=1S/C23H26N4O4/c1-14(2)17-7-9-18(10-8-17)16(4)24-22(29)19-6-5-11-27(23(19)30)13-21(28)25-20-12-15(3)31-26-20/h5-12,14,16H,13H2,1-4H3,(H,24,29)(H,25,26,28)/t16-/m1/s1. The van der Waals surface area contributed by atoms with Crippen LogP contribution in [0.25, 0.3) is 0 Å². The summed E-state index contributed by atoms with van der Waals surface area (Å²) < 4.78 is 6.08. The zero-order chi connectivity index (χ0) is 22.5. The molecule has 2 N–H and O–H groups in total. The van der Waals surface area contributed by atoms with Gasteiger partial charge in [0.15, 0.2) is 5.82 Å². The van der Waals surface area contributed by atoms with Crippen LogP contribution in [0.4, 0.5) is 5.82 Å². The van der Waals surface area contributed by atoms with Gasteiger partial charge in [0, 0.05) is 12.3 Å². The lowest BCUT2D eigenvalue weighted by Gasteiger charge is -2.16. The number of hydrogen-bond acceptors (Lipinski definition) is 5. The number of aromatic nitrogens is 2. The fourth-order valence-electron chi connectivity index (χ4n) is 3.12. The van der Waals surface area contributed by atoms with Gasteiger partial charge in [-0.15, -0.1) is 0 Å². The summed E-state index contributed by atoms with van der Waals surface area (Å²) in [6, 6.07) is 12.3. The van der Waals surface area contributed by atoms with Gasteiger partial charge in [0.25, 0.3) is 11.5 Å². The van der Waals surface area contributed by atoms with Crippen molar-refractivity contribution < 1.29 is 14.1 Å². The van der Waals surface area contributed by atoms with E-state index in [0.29, 0.717) is 11.7 Å². The summed E-state index contributed by atoms with van der Waals surface area (Å²) in [4.78, 5) is 37.6. The highest BCUT2D eigenvalue weighted by Gasteiger charge is 2.17. The number of hydrogen-bond donors (Lipinski definition) is 2. The van der Waals surface area contributed by atoms with Gasteiger partial charge in [-0.1, -0.05) is 43.3 Å². The molecule has 1 atom stereocenters. The van der Waals surface area contributed by atoms with E-state index in [1.807, 2.05) is 31.2 Å². The molecule has 0 aliphatic rings. The molecule has 0 aliphatic heterocycles. The van der Waals surface area contributed by atoms with Gasteiger partial charge in [0.1, 0.15) is 17.9 Å². The number of aryl methyl sites for hydroxylation is 1. The molecule has 0 radical (unpaired) electrons. The number of anilines is 1. The van der Waals surface area contributed by atoms with E-state index < -0.39 is 17.4 Å². The van der Waals surface area contributed by atoms with Crippen molar-refractivity contribution >= 4 is 17.6 Å². The highest BCUT2D eigenvalue weighted by atomic mass is 16.5. The van der Waals surface area contributed by atoms with E-state index in [0.717, 1.165) is 5.56 Å². The quantitative estimate of drug-likeness (QED) is 0.607. The Bertz CT molecular complexity index is 1130. The molecule has 31 heavy (non-hydrogen) atoms. The Morgan fingerprint density at radius 1 is 1.10 bits per heavy atom. The Kier molecular flexibility index (Phi) is 6.69. The monoisotopic (exact) mass is 422 g/mol. The topological polar surface area (TPSA) is 106 Å². The van der Waals surface area contributed by atoms with E-state index in [1.165, 1.54) is 22.4 Å². The smallest absolute Gasteiger partial charge is 0.263 e. The van der Waals surface area contributed by atoms with Crippen LogP contribution >= 0.6 is 0 Å². The molecule has 0 fully saturated rings. The van der Waals surface area contributed by atoms with E-state index in [9.17, 15) is 14.4 Å². The second-order valence-corrected chi connectivity index (χ2v) is 7.74. The average molecular weight is 422 g/mol. The first kappa shape index (κ1) is 22.0. The van der Waals surface area contributed by atoms with Crippen LogP contribution in [0.5, 0.6) is 0 Å². The van der Waals surface area contributed by atoms with Crippen molar-refractivity contribution in [3.05, 3.63) is 81.5 Å². The van der Waals surface area contributed by atoms with E-state index in [1.54, 1.807) is 19.1 Å². The Morgan fingerprint density at radius 3 is 2.39 bits per heavy atom. The first-order valence-electron chi connectivity index (χ1n) is 10.1. The van der Waals surface area contributed by atoms with E-state index in [2.05, 4.69) is 29.6 Å². The Balaban J connectivity index is 1.68. The summed E-state index contributed by atoms with van der Waals surface area (Å²) in [7, 11) is 0. The third-order valence-corrected chi connectivity index (χ3v) is 4.92. The van der Waals surface area contributed by atoms with Crippen LogP contribution in [0.15, 0.2) is 58.0 Å². The number of nitrogens with one attached hydrogen (secondary N) is 2. The Labute approximate surface area is 180 Å². The Morgan fingerprint density at radius 2 is 1.77 bits per heavy atom. The summed E-state index contributed by atoms with van der Waals surface area (Å²) >= 11 is 0. The lowest BCUT2D eigenvalue weighted by atomic mass is 9.99. The summed E-state index contributed by atoms with van der Waals surface area (Å²) in [5.74, 6) is 0.298. The molecule has 1 aromatic carbocycles. The van der Waals surface area contributed by atoms with Crippen LogP contribution < -0.4 is 16.2 Å². The van der Waals surface area contributed by atoms with Crippen molar-refractivity contribution in [2.24, 2.45) is 0 Å². The van der Waals surface area contributed by atoms with E-state index in [-0.39, 0.29) is 24.0 Å². The number of nitrogens with zero attached hydrogens (tertiary/aromatic N) is 2. The van der Waals surface area contributed by atoms with E-state index >= 15 is 0 Å². The molecule has 3 aromatic rings. The number of carbonyl (C=O) groups excluding carboxylic acids is 2. The predicted octanol–water partition coefficient (Wildman–Crippen LogP) is 3.40. The summed E-state index contributed by atoms with van der Waals surface area (Å²) in [6.45, 7) is 7.55. The zero-order valence-corrected chi connectivity index (χ0v) is 18.0. The molecular formula is C23H26N4O4.